The molecule has 0 N–H and O–H groups in total. The first kappa shape index (κ1) is 41.7. The predicted molar refractivity (Wildman–Crippen MR) is 272 cm³/mol. The lowest BCUT2D eigenvalue weighted by Crippen LogP contribution is -2.31. The van der Waals surface area contributed by atoms with Crippen LogP contribution in [0.25, 0.3) is 76.8 Å². The Morgan fingerprint density at radius 3 is 0.833 bits per heavy atom. The maximum Gasteiger partial charge on any atom is 0.0530 e. The van der Waals surface area contributed by atoms with Gasteiger partial charge in [0, 0.05) is 0 Å². The second-order valence-electron chi connectivity index (χ2n) is 17.5. The van der Waals surface area contributed by atoms with Crippen LogP contribution in [0.1, 0.15) is 52.7 Å². The summed E-state index contributed by atoms with van der Waals surface area (Å²) in [6.07, 6.45) is 2.24. The Labute approximate surface area is 362 Å². The van der Waals surface area contributed by atoms with Gasteiger partial charge in [0.1, 0.15) is 0 Å². The van der Waals surface area contributed by atoms with Gasteiger partial charge in [0.15, 0.2) is 0 Å². The summed E-state index contributed by atoms with van der Waals surface area (Å²) in [6.45, 7) is 14.9. The number of fused-ring (bicyclic) bond motifs is 3. The van der Waals surface area contributed by atoms with Crippen molar-refractivity contribution in [2.24, 2.45) is 0 Å². The van der Waals surface area contributed by atoms with E-state index in [1.54, 1.807) is 0 Å². The van der Waals surface area contributed by atoms with Crippen LogP contribution in [0.15, 0.2) is 158 Å². The van der Waals surface area contributed by atoms with Crippen molar-refractivity contribution in [2.45, 2.75) is 103 Å². The van der Waals surface area contributed by atoms with Crippen LogP contribution in [-0.2, 0) is 12.8 Å². The largest absolute Gasteiger partial charge is 0.0678 e. The van der Waals surface area contributed by atoms with Gasteiger partial charge in [-0.3, -0.25) is 0 Å². The van der Waals surface area contributed by atoms with Crippen LogP contribution in [0.3, 0.4) is 0 Å². The van der Waals surface area contributed by atoms with Gasteiger partial charge in [0.2, 0.25) is 0 Å². The van der Waals surface area contributed by atoms with Crippen LogP contribution in [0.2, 0.25) is 48.4 Å². The van der Waals surface area contributed by atoms with Crippen LogP contribution in [0.4, 0.5) is 0 Å². The molecule has 0 radical (unpaired) electrons. The lowest BCUT2D eigenvalue weighted by Gasteiger charge is -2.31. The molecule has 0 fully saturated rings. The zero-order valence-corrected chi connectivity index (χ0v) is 39.1. The van der Waals surface area contributed by atoms with Crippen LogP contribution in [-0.4, -0.2) is 16.1 Å². The minimum atomic E-state index is -1.43. The van der Waals surface area contributed by atoms with E-state index in [-0.39, 0.29) is 0 Å². The highest BCUT2D eigenvalue weighted by Gasteiger charge is 2.32. The van der Waals surface area contributed by atoms with Gasteiger partial charge in [0.05, 0.1) is 16.1 Å². The van der Waals surface area contributed by atoms with E-state index in [1.165, 1.54) is 136 Å². The second kappa shape index (κ2) is 18.3. The first-order chi connectivity index (χ1) is 29.5. The first-order valence-electron chi connectivity index (χ1n) is 23.2. The van der Waals surface area contributed by atoms with Gasteiger partial charge in [-0.05, 0) is 101 Å². The van der Waals surface area contributed by atoms with E-state index < -0.39 is 16.1 Å². The van der Waals surface area contributed by atoms with Gasteiger partial charge in [-0.1, -0.05) is 248 Å². The fraction of sp³-hybridized carbons (Fsp3) is 0.276. The van der Waals surface area contributed by atoms with Gasteiger partial charge in [-0.25, -0.2) is 0 Å². The SMILES string of the molecule is CC[Si](CC)(CC)CCc1ccc(CC[Si](CC)(CC)CC)c2c(-c3ccccc3)c3c(-c4ccccc4)c4ccccc4c(-c4ccccc4)c3c(-c3ccccc3)c12. The molecule has 0 aliphatic rings. The molecular weight excluding hydrogens is 753 g/mol. The molecule has 2 heteroatoms. The van der Waals surface area contributed by atoms with Crippen LogP contribution in [0, 0.1) is 0 Å². The molecule has 0 saturated carbocycles. The summed E-state index contributed by atoms with van der Waals surface area (Å²) in [5.74, 6) is 0. The Morgan fingerprint density at radius 1 is 0.283 bits per heavy atom. The molecule has 0 saturated heterocycles. The fourth-order valence-corrected chi connectivity index (χ4v) is 17.5. The molecule has 8 aromatic carbocycles. The molecule has 304 valence electrons. The third kappa shape index (κ3) is 7.63. The summed E-state index contributed by atoms with van der Waals surface area (Å²) >= 11 is 0. The highest BCUT2D eigenvalue weighted by Crippen LogP contribution is 2.55. The van der Waals surface area contributed by atoms with Crippen molar-refractivity contribution in [3.05, 3.63) is 169 Å². The van der Waals surface area contributed by atoms with Crippen molar-refractivity contribution < 1.29 is 0 Å². The normalized spacial score (nSPS) is 12.2. The lowest BCUT2D eigenvalue weighted by atomic mass is 9.75. The molecule has 0 heterocycles. The maximum atomic E-state index is 2.60. The Balaban J connectivity index is 1.69. The smallest absolute Gasteiger partial charge is 0.0530 e. The minimum Gasteiger partial charge on any atom is -0.0678 e. The topological polar surface area (TPSA) is 0 Å². The number of aryl methyl sites for hydroxylation is 2. The molecule has 0 aromatic heterocycles. The van der Waals surface area contributed by atoms with Crippen molar-refractivity contribution >= 4 is 48.5 Å². The van der Waals surface area contributed by atoms with Crippen molar-refractivity contribution in [1.29, 1.82) is 0 Å². The van der Waals surface area contributed by atoms with E-state index in [0.717, 1.165) is 12.8 Å². The third-order valence-electron chi connectivity index (χ3n) is 15.2. The number of rotatable bonds is 16. The Hall–Kier alpha value is -5.03. The molecule has 0 atom stereocenters. The van der Waals surface area contributed by atoms with E-state index in [0.29, 0.717) is 0 Å². The molecule has 0 aliphatic heterocycles. The molecule has 0 unspecified atom stereocenters. The Morgan fingerprint density at radius 2 is 0.550 bits per heavy atom. The Kier molecular flexibility index (Phi) is 12.7. The molecule has 8 aromatic rings. The molecule has 8 rings (SSSR count). The monoisotopic (exact) mass is 816 g/mol. The standard InChI is InChI=1S/C58H64Si2/c1-7-59(8-2,9-3)41-39-47-37-38-48(40-42-60(10-4,11-5)12-6)54-53(47)55(45-31-21-15-22-32-45)57-51(43-27-17-13-18-28-43)49-35-25-26-36-50(49)52(44-29-19-14-20-30-44)58(57)56(54)46-33-23-16-24-34-46/h13-38H,7-12,39-42H2,1-6H3. The molecule has 0 spiro atoms. The quantitative estimate of drug-likeness (QED) is 0.0673. The zero-order chi connectivity index (χ0) is 41.7. The van der Waals surface area contributed by atoms with Gasteiger partial charge < -0.3 is 0 Å². The van der Waals surface area contributed by atoms with Crippen molar-refractivity contribution in [2.75, 3.05) is 0 Å². The first-order valence-corrected chi connectivity index (χ1v) is 28.8. The Bertz CT molecular complexity index is 2490. The maximum absolute atomic E-state index is 2.60. The molecule has 0 bridgehead atoms. The van der Waals surface area contributed by atoms with Gasteiger partial charge in [0.25, 0.3) is 0 Å². The van der Waals surface area contributed by atoms with Crippen molar-refractivity contribution in [1.82, 2.24) is 0 Å². The van der Waals surface area contributed by atoms with Crippen molar-refractivity contribution in [3.8, 4) is 44.5 Å². The van der Waals surface area contributed by atoms with E-state index in [2.05, 4.69) is 199 Å². The van der Waals surface area contributed by atoms with Gasteiger partial charge >= 0.3 is 0 Å². The number of benzene rings is 8. The molecule has 0 amide bonds. The fourth-order valence-electron chi connectivity index (χ4n) is 10.8. The number of hydrogen-bond donors (Lipinski definition) is 0. The average molecular weight is 817 g/mol. The minimum absolute atomic E-state index is 1.12. The summed E-state index contributed by atoms with van der Waals surface area (Å²) < 4.78 is 0. The molecule has 0 nitrogen and oxygen atoms in total. The van der Waals surface area contributed by atoms with E-state index in [4.69, 9.17) is 0 Å². The van der Waals surface area contributed by atoms with Crippen LogP contribution in [0.5, 0.6) is 0 Å². The van der Waals surface area contributed by atoms with Crippen LogP contribution < -0.4 is 0 Å². The zero-order valence-electron chi connectivity index (χ0n) is 37.1. The number of hydrogen-bond acceptors (Lipinski definition) is 0. The summed E-state index contributed by atoms with van der Waals surface area (Å²) in [4.78, 5) is 0. The second-order valence-corrected chi connectivity index (χ2v) is 28.8. The summed E-state index contributed by atoms with van der Waals surface area (Å²) in [6, 6.07) is 70.8. The third-order valence-corrected chi connectivity index (χ3v) is 26.8. The summed E-state index contributed by atoms with van der Waals surface area (Å²) in [7, 11) is -2.86. The van der Waals surface area contributed by atoms with E-state index in [9.17, 15) is 0 Å². The molecular formula is C58H64Si2. The average Bonchev–Trinajstić information content (AvgIpc) is 3.32. The predicted octanol–water partition coefficient (Wildman–Crippen LogP) is 17.9. The van der Waals surface area contributed by atoms with E-state index in [1.807, 2.05) is 0 Å². The molecule has 0 aliphatic carbocycles. The highest BCUT2D eigenvalue weighted by atomic mass is 28.3. The lowest BCUT2D eigenvalue weighted by molar-refractivity contribution is 1.02. The highest BCUT2D eigenvalue weighted by molar-refractivity contribution is 6.80. The van der Waals surface area contributed by atoms with Crippen LogP contribution >= 0.6 is 0 Å². The molecule has 60 heavy (non-hydrogen) atoms. The summed E-state index contributed by atoms with van der Waals surface area (Å²) in [5.41, 5.74) is 13.7. The van der Waals surface area contributed by atoms with E-state index >= 15 is 0 Å². The van der Waals surface area contributed by atoms with Gasteiger partial charge in [-0.2, -0.15) is 0 Å². The van der Waals surface area contributed by atoms with Gasteiger partial charge in [-0.15, -0.1) is 0 Å². The van der Waals surface area contributed by atoms with Crippen molar-refractivity contribution in [3.63, 3.8) is 0 Å². The summed E-state index contributed by atoms with van der Waals surface area (Å²) in [5, 5.41) is 8.33.